The zero-order valence-electron chi connectivity index (χ0n) is 8.54. The van der Waals surface area contributed by atoms with Gasteiger partial charge in [0.25, 0.3) is 0 Å². The Morgan fingerprint density at radius 3 is 2.17 bits per heavy atom. The molecule has 0 atom stereocenters. The van der Waals surface area contributed by atoms with E-state index in [0.717, 1.165) is 6.54 Å². The fraction of sp³-hybridized carbons (Fsp3) is 0.778. The summed E-state index contributed by atoms with van der Waals surface area (Å²) in [5.41, 5.74) is 1.18. The number of hydrogen-bond acceptors (Lipinski definition) is 3. The number of likely N-dealkylation sites (N-methyl/N-ethyl adjacent to an activating group) is 1. The van der Waals surface area contributed by atoms with Gasteiger partial charge in [0.05, 0.1) is 0 Å². The third-order valence-corrected chi connectivity index (χ3v) is 2.04. The monoisotopic (exact) mass is 172 g/mol. The van der Waals surface area contributed by atoms with Gasteiger partial charge in [0.2, 0.25) is 0 Å². The third-order valence-electron chi connectivity index (χ3n) is 2.04. The largest absolute Gasteiger partial charge is 0.380 e. The molecule has 0 saturated carbocycles. The minimum atomic E-state index is 0.0435. The highest BCUT2D eigenvalue weighted by molar-refractivity contribution is 4.99. The summed E-state index contributed by atoms with van der Waals surface area (Å²) in [5.74, 6) is 0.500. The number of aliphatic hydroxyl groups excluding tert-OH is 1. The summed E-state index contributed by atoms with van der Waals surface area (Å²) in [4.78, 5) is 0. The van der Waals surface area contributed by atoms with Crippen molar-refractivity contribution in [2.75, 3.05) is 27.4 Å². The van der Waals surface area contributed by atoms with Gasteiger partial charge in [0, 0.05) is 20.6 Å². The highest BCUT2D eigenvalue weighted by Crippen LogP contribution is 2.08. The van der Waals surface area contributed by atoms with Crippen molar-refractivity contribution in [1.82, 2.24) is 10.0 Å². The molecule has 3 heteroatoms. The molecule has 0 unspecified atom stereocenters. The summed E-state index contributed by atoms with van der Waals surface area (Å²) in [7, 11) is 3.78. The van der Waals surface area contributed by atoms with Crippen LogP contribution in [0.2, 0.25) is 0 Å². The Morgan fingerprint density at radius 2 is 1.83 bits per heavy atom. The normalized spacial score (nSPS) is 11.7. The first kappa shape index (κ1) is 11.6. The van der Waals surface area contributed by atoms with Gasteiger partial charge < -0.3 is 5.11 Å². The van der Waals surface area contributed by atoms with Crippen LogP contribution >= 0.6 is 0 Å². The zero-order chi connectivity index (χ0) is 9.72. The molecule has 0 heterocycles. The van der Waals surface area contributed by atoms with E-state index in [0.29, 0.717) is 5.92 Å². The fourth-order valence-electron chi connectivity index (χ4n) is 0.705. The van der Waals surface area contributed by atoms with Gasteiger partial charge >= 0.3 is 0 Å². The van der Waals surface area contributed by atoms with Crippen molar-refractivity contribution in [3.05, 3.63) is 12.2 Å². The molecule has 0 spiro atoms. The molecule has 0 fully saturated rings. The fourth-order valence-corrected chi connectivity index (χ4v) is 0.705. The predicted octanol–water partition coefficient (Wildman–Crippen LogP) is 0.927. The number of aliphatic hydroxyl groups is 1. The van der Waals surface area contributed by atoms with Crippen LogP contribution in [0, 0.1) is 5.92 Å². The molecule has 0 aliphatic rings. The predicted molar refractivity (Wildman–Crippen MR) is 51.5 cm³/mol. The number of nitrogens with zero attached hydrogens (tertiary/aromatic N) is 2. The van der Waals surface area contributed by atoms with E-state index < -0.39 is 0 Å². The molecule has 0 radical (unpaired) electrons. The van der Waals surface area contributed by atoms with Crippen LogP contribution in [0.1, 0.15) is 13.8 Å². The molecule has 0 aromatic rings. The summed E-state index contributed by atoms with van der Waals surface area (Å²) in [6.45, 7) is 9.05. The second kappa shape index (κ2) is 5.30. The maximum atomic E-state index is 8.81. The molecule has 0 saturated heterocycles. The average molecular weight is 172 g/mol. The second-order valence-corrected chi connectivity index (χ2v) is 3.43. The van der Waals surface area contributed by atoms with Crippen molar-refractivity contribution in [2.24, 2.45) is 5.92 Å². The summed E-state index contributed by atoms with van der Waals surface area (Å²) >= 11 is 0. The molecule has 1 N–H and O–H groups in total. The molecule has 0 aromatic carbocycles. The lowest BCUT2D eigenvalue weighted by molar-refractivity contribution is -0.0360. The Kier molecular flexibility index (Phi) is 5.13. The first-order chi connectivity index (χ1) is 5.49. The van der Waals surface area contributed by atoms with Crippen LogP contribution in [-0.2, 0) is 0 Å². The lowest BCUT2D eigenvalue weighted by Gasteiger charge is -2.27. The third kappa shape index (κ3) is 3.85. The van der Waals surface area contributed by atoms with Crippen LogP contribution in [0.5, 0.6) is 0 Å². The molecule has 0 rings (SSSR count). The maximum absolute atomic E-state index is 8.81. The van der Waals surface area contributed by atoms with Gasteiger partial charge in [0.15, 0.2) is 0 Å². The SMILES string of the molecule is C=C(CN(C)N(C)CO)C(C)C. The molecule has 0 amide bonds. The summed E-state index contributed by atoms with van der Waals surface area (Å²) in [6, 6.07) is 0. The highest BCUT2D eigenvalue weighted by Gasteiger charge is 2.07. The minimum absolute atomic E-state index is 0.0435. The smallest absolute Gasteiger partial charge is 0.108 e. The molecule has 0 aromatic heterocycles. The van der Waals surface area contributed by atoms with Crippen molar-refractivity contribution in [3.8, 4) is 0 Å². The number of hydrazine groups is 1. The average Bonchev–Trinajstić information content (AvgIpc) is 2.02. The Hall–Kier alpha value is -0.380. The van der Waals surface area contributed by atoms with Gasteiger partial charge in [-0.15, -0.1) is 0 Å². The van der Waals surface area contributed by atoms with Crippen LogP contribution in [-0.4, -0.2) is 42.5 Å². The van der Waals surface area contributed by atoms with Crippen LogP contribution in [0.15, 0.2) is 12.2 Å². The van der Waals surface area contributed by atoms with E-state index in [1.807, 2.05) is 19.1 Å². The molecule has 0 aliphatic carbocycles. The first-order valence-corrected chi connectivity index (χ1v) is 4.19. The van der Waals surface area contributed by atoms with Gasteiger partial charge in [-0.1, -0.05) is 26.0 Å². The molecule has 0 bridgehead atoms. The Labute approximate surface area is 75.3 Å². The topological polar surface area (TPSA) is 26.7 Å². The maximum Gasteiger partial charge on any atom is 0.108 e. The van der Waals surface area contributed by atoms with Crippen molar-refractivity contribution in [2.45, 2.75) is 13.8 Å². The Balaban J connectivity index is 3.83. The first-order valence-electron chi connectivity index (χ1n) is 4.19. The van der Waals surface area contributed by atoms with Crippen molar-refractivity contribution < 1.29 is 5.11 Å². The van der Waals surface area contributed by atoms with Crippen molar-refractivity contribution in [1.29, 1.82) is 0 Å². The van der Waals surface area contributed by atoms with Crippen LogP contribution in [0.3, 0.4) is 0 Å². The highest BCUT2D eigenvalue weighted by atomic mass is 16.3. The van der Waals surface area contributed by atoms with Gasteiger partial charge in [0.1, 0.15) is 6.73 Å². The van der Waals surface area contributed by atoms with E-state index in [2.05, 4.69) is 20.4 Å². The number of rotatable bonds is 5. The van der Waals surface area contributed by atoms with Gasteiger partial charge in [-0.25, -0.2) is 10.0 Å². The van der Waals surface area contributed by atoms with Gasteiger partial charge in [-0.3, -0.25) is 0 Å². The molecular weight excluding hydrogens is 152 g/mol. The van der Waals surface area contributed by atoms with E-state index in [9.17, 15) is 0 Å². The lowest BCUT2D eigenvalue weighted by atomic mass is 10.1. The molecule has 72 valence electrons. The van der Waals surface area contributed by atoms with Gasteiger partial charge in [-0.05, 0) is 5.92 Å². The standard InChI is InChI=1S/C9H20N2O/c1-8(2)9(3)6-10(4)11(5)7-12/h8,12H,3,6-7H2,1-2,4-5H3. The van der Waals surface area contributed by atoms with Gasteiger partial charge in [-0.2, -0.15) is 0 Å². The van der Waals surface area contributed by atoms with E-state index in [-0.39, 0.29) is 6.73 Å². The summed E-state index contributed by atoms with van der Waals surface area (Å²) in [6.07, 6.45) is 0. The molecular formula is C9H20N2O. The van der Waals surface area contributed by atoms with Crippen LogP contribution < -0.4 is 0 Å². The Bertz CT molecular complexity index is 145. The quantitative estimate of drug-likeness (QED) is 0.379. The molecule has 3 nitrogen and oxygen atoms in total. The van der Waals surface area contributed by atoms with E-state index in [1.54, 1.807) is 5.01 Å². The van der Waals surface area contributed by atoms with E-state index in [4.69, 9.17) is 5.11 Å². The molecule has 0 aliphatic heterocycles. The number of hydrogen-bond donors (Lipinski definition) is 1. The Morgan fingerprint density at radius 1 is 1.33 bits per heavy atom. The van der Waals surface area contributed by atoms with E-state index >= 15 is 0 Å². The minimum Gasteiger partial charge on any atom is -0.380 e. The van der Waals surface area contributed by atoms with Crippen LogP contribution in [0.25, 0.3) is 0 Å². The summed E-state index contributed by atoms with van der Waals surface area (Å²) in [5, 5.41) is 12.5. The van der Waals surface area contributed by atoms with Crippen LogP contribution in [0.4, 0.5) is 0 Å². The van der Waals surface area contributed by atoms with E-state index in [1.165, 1.54) is 5.57 Å². The summed E-state index contributed by atoms with van der Waals surface area (Å²) < 4.78 is 0. The zero-order valence-corrected chi connectivity index (χ0v) is 8.54. The molecule has 12 heavy (non-hydrogen) atoms. The van der Waals surface area contributed by atoms with Crippen molar-refractivity contribution in [3.63, 3.8) is 0 Å². The second-order valence-electron chi connectivity index (χ2n) is 3.43. The van der Waals surface area contributed by atoms with Crippen molar-refractivity contribution >= 4 is 0 Å². The lowest BCUT2D eigenvalue weighted by Crippen LogP contribution is -2.38.